The predicted octanol–water partition coefficient (Wildman–Crippen LogP) is 4.19. The Morgan fingerprint density at radius 2 is 2.09 bits per heavy atom. The summed E-state index contributed by atoms with van der Waals surface area (Å²) in [7, 11) is 0. The zero-order valence-corrected chi connectivity index (χ0v) is 20.8. The van der Waals surface area contributed by atoms with Crippen molar-refractivity contribution < 1.29 is 4.79 Å². The molecule has 6 nitrogen and oxygen atoms in total. The average molecular weight is 470 g/mol. The molecular weight excluding hydrogens is 434 g/mol. The molecule has 6 heteroatoms. The van der Waals surface area contributed by atoms with E-state index in [4.69, 9.17) is 10.7 Å². The van der Waals surface area contributed by atoms with E-state index in [1.54, 1.807) is 18.2 Å². The Bertz CT molecular complexity index is 1200. The minimum absolute atomic E-state index is 0.146. The van der Waals surface area contributed by atoms with Crippen molar-refractivity contribution in [2.45, 2.75) is 50.6 Å². The Morgan fingerprint density at radius 3 is 2.71 bits per heavy atom. The van der Waals surface area contributed by atoms with Crippen molar-refractivity contribution in [2.75, 3.05) is 24.5 Å². The predicted molar refractivity (Wildman–Crippen MR) is 144 cm³/mol. The Hall–Kier alpha value is -3.38. The monoisotopic (exact) mass is 469 g/mol. The van der Waals surface area contributed by atoms with Crippen LogP contribution in [0.3, 0.4) is 0 Å². The fourth-order valence-electron chi connectivity index (χ4n) is 5.72. The number of anilines is 1. The standard InChI is InChI=1S/C29H35N5O/c1-5-7-23(30)12-19(3)21(6-2)15-31-20(4)34-18-29(10-11-29)26-9-8-22(13-27(26)34)28(35)33-17-24-14-25(33)16-32-24/h5-9,12-13,15,24-25,32H,1-2,10-11,14,16-18,30H2,3-4H3/b19-12+,21-15+,23-7+,31-20?. The van der Waals surface area contributed by atoms with Gasteiger partial charge in [0, 0.05) is 60.3 Å². The average Bonchev–Trinajstić information content (AvgIpc) is 3.16. The van der Waals surface area contributed by atoms with Crippen molar-refractivity contribution in [1.82, 2.24) is 10.2 Å². The minimum atomic E-state index is 0.146. The number of carbonyl (C=O) groups is 1. The van der Waals surface area contributed by atoms with E-state index in [0.29, 0.717) is 17.8 Å². The number of nitrogens with zero attached hydrogens (tertiary/aromatic N) is 3. The molecular formula is C29H35N5O. The van der Waals surface area contributed by atoms with E-state index in [9.17, 15) is 4.79 Å². The number of nitrogens with two attached hydrogens (primary N) is 1. The second-order valence-corrected chi connectivity index (χ2v) is 10.2. The first-order chi connectivity index (χ1) is 16.8. The Balaban J connectivity index is 1.42. The van der Waals surface area contributed by atoms with Crippen LogP contribution < -0.4 is 16.0 Å². The molecule has 4 aliphatic rings. The highest BCUT2D eigenvalue weighted by Crippen LogP contribution is 2.56. The highest BCUT2D eigenvalue weighted by atomic mass is 16.2. The summed E-state index contributed by atoms with van der Waals surface area (Å²) in [5.41, 5.74) is 12.0. The van der Waals surface area contributed by atoms with Crippen LogP contribution >= 0.6 is 0 Å². The summed E-state index contributed by atoms with van der Waals surface area (Å²) in [6, 6.07) is 7.07. The van der Waals surface area contributed by atoms with Gasteiger partial charge in [-0.2, -0.15) is 0 Å². The van der Waals surface area contributed by atoms with Crippen molar-refractivity contribution in [3.63, 3.8) is 0 Å². The number of allylic oxidation sites excluding steroid dienone is 6. The summed E-state index contributed by atoms with van der Waals surface area (Å²) in [5.74, 6) is 1.05. The third-order valence-electron chi connectivity index (χ3n) is 7.89. The number of hydrogen-bond donors (Lipinski definition) is 2. The number of nitrogens with one attached hydrogen (secondary N) is 1. The van der Waals surface area contributed by atoms with E-state index in [0.717, 1.165) is 54.3 Å². The maximum Gasteiger partial charge on any atom is 0.254 e. The van der Waals surface area contributed by atoms with Gasteiger partial charge in [-0.3, -0.25) is 4.79 Å². The van der Waals surface area contributed by atoms with Crippen LogP contribution in [0.15, 0.2) is 83.7 Å². The lowest BCUT2D eigenvalue weighted by molar-refractivity contribution is 0.0716. The number of piperazine rings is 1. The third-order valence-corrected chi connectivity index (χ3v) is 7.89. The van der Waals surface area contributed by atoms with E-state index >= 15 is 0 Å². The first kappa shape index (κ1) is 23.4. The molecule has 1 aromatic rings. The van der Waals surface area contributed by atoms with Crippen LogP contribution in [0.2, 0.25) is 0 Å². The van der Waals surface area contributed by atoms with E-state index in [1.165, 1.54) is 18.4 Å². The summed E-state index contributed by atoms with van der Waals surface area (Å²) in [5, 5.41) is 3.48. The van der Waals surface area contributed by atoms with Crippen LogP contribution in [0.4, 0.5) is 5.69 Å². The number of amidine groups is 1. The van der Waals surface area contributed by atoms with E-state index in [2.05, 4.69) is 40.4 Å². The summed E-state index contributed by atoms with van der Waals surface area (Å²) in [4.78, 5) is 22.5. The van der Waals surface area contributed by atoms with Gasteiger partial charge in [-0.1, -0.05) is 31.4 Å². The molecule has 5 rings (SSSR count). The first-order valence-electron chi connectivity index (χ1n) is 12.5. The molecule has 1 aromatic carbocycles. The molecule has 182 valence electrons. The zero-order valence-electron chi connectivity index (χ0n) is 20.8. The highest BCUT2D eigenvalue weighted by Gasteiger charge is 2.52. The lowest BCUT2D eigenvalue weighted by Gasteiger charge is -2.28. The maximum absolute atomic E-state index is 13.4. The molecule has 0 aromatic heterocycles. The molecule has 1 aliphatic carbocycles. The van der Waals surface area contributed by atoms with E-state index in [1.807, 2.05) is 32.2 Å². The fraction of sp³-hybridized carbons (Fsp3) is 0.379. The minimum Gasteiger partial charge on any atom is -0.399 e. The molecule has 2 bridgehead atoms. The van der Waals surface area contributed by atoms with Crippen molar-refractivity contribution in [1.29, 1.82) is 0 Å². The van der Waals surface area contributed by atoms with Crippen molar-refractivity contribution in [3.8, 4) is 0 Å². The SMILES string of the molecule is C=C\C=C(N)/C=C(C)/C(C=C)=C/N=C(C)N1CC2(CC2)c2ccc(C(=O)N3CC4CC3CN4)cc21. The van der Waals surface area contributed by atoms with Gasteiger partial charge >= 0.3 is 0 Å². The zero-order chi connectivity index (χ0) is 24.7. The van der Waals surface area contributed by atoms with Gasteiger partial charge in [0.2, 0.25) is 0 Å². The number of amides is 1. The highest BCUT2D eigenvalue weighted by molar-refractivity contribution is 6.02. The number of likely N-dealkylation sites (tertiary alicyclic amines) is 1. The smallest absolute Gasteiger partial charge is 0.254 e. The number of hydrogen-bond acceptors (Lipinski definition) is 4. The normalized spacial score (nSPS) is 25.3. The Labute approximate surface area is 208 Å². The van der Waals surface area contributed by atoms with Gasteiger partial charge in [-0.15, -0.1) is 0 Å². The maximum atomic E-state index is 13.4. The first-order valence-corrected chi connectivity index (χ1v) is 12.5. The number of carbonyl (C=O) groups excluding carboxylic acids is 1. The number of benzene rings is 1. The molecule has 3 N–H and O–H groups in total. The molecule has 1 spiro atoms. The molecule has 35 heavy (non-hydrogen) atoms. The fourth-order valence-corrected chi connectivity index (χ4v) is 5.72. The molecule has 3 aliphatic heterocycles. The lowest BCUT2D eigenvalue weighted by atomic mass is 9.97. The van der Waals surface area contributed by atoms with Crippen molar-refractivity contribution in [3.05, 3.63) is 89.8 Å². The van der Waals surface area contributed by atoms with Crippen LogP contribution in [-0.2, 0) is 5.41 Å². The van der Waals surface area contributed by atoms with Gasteiger partial charge in [-0.25, -0.2) is 4.99 Å². The van der Waals surface area contributed by atoms with E-state index in [-0.39, 0.29) is 11.3 Å². The Morgan fingerprint density at radius 1 is 1.29 bits per heavy atom. The molecule has 1 amide bonds. The quantitative estimate of drug-likeness (QED) is 0.372. The van der Waals surface area contributed by atoms with Gasteiger partial charge in [-0.05, 0) is 74.1 Å². The summed E-state index contributed by atoms with van der Waals surface area (Å²) < 4.78 is 0. The number of fused-ring (bicyclic) bond motifs is 4. The van der Waals surface area contributed by atoms with Crippen LogP contribution in [0.5, 0.6) is 0 Å². The second-order valence-electron chi connectivity index (χ2n) is 10.2. The van der Waals surface area contributed by atoms with Crippen molar-refractivity contribution in [2.24, 2.45) is 10.7 Å². The van der Waals surface area contributed by atoms with Crippen LogP contribution in [0, 0.1) is 0 Å². The third kappa shape index (κ3) is 4.27. The lowest BCUT2D eigenvalue weighted by Crippen LogP contribution is -2.46. The van der Waals surface area contributed by atoms with Gasteiger partial charge in [0.25, 0.3) is 5.91 Å². The second kappa shape index (κ2) is 9.00. The van der Waals surface area contributed by atoms with Crippen molar-refractivity contribution >= 4 is 17.4 Å². The molecule has 2 atom stereocenters. The molecule has 0 radical (unpaired) electrons. The summed E-state index contributed by atoms with van der Waals surface area (Å²) in [6.45, 7) is 14.3. The van der Waals surface area contributed by atoms with Gasteiger partial charge in [0.15, 0.2) is 0 Å². The summed E-state index contributed by atoms with van der Waals surface area (Å²) >= 11 is 0. The van der Waals surface area contributed by atoms with Gasteiger partial charge in [0.05, 0.1) is 0 Å². The Kier molecular flexibility index (Phi) is 6.01. The number of rotatable bonds is 6. The van der Waals surface area contributed by atoms with Crippen LogP contribution in [-0.4, -0.2) is 48.4 Å². The summed E-state index contributed by atoms with van der Waals surface area (Å²) in [6.07, 6.45) is 12.4. The van der Waals surface area contributed by atoms with Crippen LogP contribution in [0.1, 0.15) is 49.0 Å². The molecule has 2 unspecified atom stereocenters. The van der Waals surface area contributed by atoms with Gasteiger partial charge in [0.1, 0.15) is 5.84 Å². The molecule has 3 fully saturated rings. The molecule has 1 saturated carbocycles. The molecule has 2 saturated heterocycles. The van der Waals surface area contributed by atoms with Crippen LogP contribution in [0.25, 0.3) is 0 Å². The largest absolute Gasteiger partial charge is 0.399 e. The van der Waals surface area contributed by atoms with Gasteiger partial charge < -0.3 is 20.9 Å². The number of aliphatic imine (C=N–C) groups is 1. The molecule has 3 heterocycles. The topological polar surface area (TPSA) is 74.0 Å². The van der Waals surface area contributed by atoms with E-state index < -0.39 is 0 Å².